The lowest BCUT2D eigenvalue weighted by Crippen LogP contribution is -2.14. The monoisotopic (exact) mass is 310 g/mol. The highest BCUT2D eigenvalue weighted by molar-refractivity contribution is 7.99. The normalized spacial score (nSPS) is 10.7. The second-order valence-corrected chi connectivity index (χ2v) is 5.19. The summed E-state index contributed by atoms with van der Waals surface area (Å²) < 4.78 is 24.9. The zero-order chi connectivity index (χ0) is 15.4. The first-order valence-corrected chi connectivity index (χ1v) is 6.86. The van der Waals surface area contributed by atoms with Crippen LogP contribution in [0.2, 0.25) is 0 Å². The third kappa shape index (κ3) is 3.91. The van der Waals surface area contributed by atoms with Crippen molar-refractivity contribution in [3.63, 3.8) is 0 Å². The van der Waals surface area contributed by atoms with Gasteiger partial charge in [0.2, 0.25) is 0 Å². The Bertz CT molecular complexity index is 665. The SMILES string of the molecule is Cc1ccc(NC(=O)c2cccnc2SC(F)F)c(O)c1. The number of hydrogen-bond donors (Lipinski definition) is 2. The lowest BCUT2D eigenvalue weighted by Gasteiger charge is -2.10. The van der Waals surface area contributed by atoms with E-state index in [0.29, 0.717) is 0 Å². The van der Waals surface area contributed by atoms with Gasteiger partial charge in [0, 0.05) is 6.20 Å². The second-order valence-electron chi connectivity index (χ2n) is 4.21. The van der Waals surface area contributed by atoms with Gasteiger partial charge in [-0.15, -0.1) is 0 Å². The van der Waals surface area contributed by atoms with E-state index >= 15 is 0 Å². The summed E-state index contributed by atoms with van der Waals surface area (Å²) in [4.78, 5) is 15.9. The maximum absolute atomic E-state index is 12.5. The molecule has 1 aromatic carbocycles. The van der Waals surface area contributed by atoms with Crippen LogP contribution in [0.15, 0.2) is 41.6 Å². The average Bonchev–Trinajstić information content (AvgIpc) is 2.42. The topological polar surface area (TPSA) is 62.2 Å². The highest BCUT2D eigenvalue weighted by Crippen LogP contribution is 2.28. The third-order valence-corrected chi connectivity index (χ3v) is 3.34. The molecule has 0 radical (unpaired) electrons. The number of alkyl halides is 2. The molecule has 0 atom stereocenters. The van der Waals surface area contributed by atoms with E-state index in [-0.39, 0.29) is 33.8 Å². The summed E-state index contributed by atoms with van der Waals surface area (Å²) in [5.41, 5.74) is 1.08. The zero-order valence-corrected chi connectivity index (χ0v) is 11.8. The largest absolute Gasteiger partial charge is 0.506 e. The van der Waals surface area contributed by atoms with Crippen molar-refractivity contribution in [2.24, 2.45) is 0 Å². The van der Waals surface area contributed by atoms with Crippen molar-refractivity contribution in [3.8, 4) is 5.75 Å². The summed E-state index contributed by atoms with van der Waals surface area (Å²) in [7, 11) is 0. The van der Waals surface area contributed by atoms with Crippen LogP contribution in [-0.4, -0.2) is 21.8 Å². The number of rotatable bonds is 4. The third-order valence-electron chi connectivity index (χ3n) is 2.62. The molecule has 0 aliphatic heterocycles. The Hall–Kier alpha value is -2.15. The molecule has 1 amide bonds. The molecule has 0 aliphatic rings. The van der Waals surface area contributed by atoms with Crippen molar-refractivity contribution >= 4 is 23.4 Å². The molecule has 0 spiro atoms. The van der Waals surface area contributed by atoms with E-state index in [0.717, 1.165) is 5.56 Å². The maximum Gasteiger partial charge on any atom is 0.290 e. The Morgan fingerprint density at radius 1 is 1.38 bits per heavy atom. The minimum Gasteiger partial charge on any atom is -0.506 e. The number of halogens is 2. The molecule has 0 fully saturated rings. The van der Waals surface area contributed by atoms with Crippen molar-refractivity contribution in [1.82, 2.24) is 4.98 Å². The Balaban J connectivity index is 2.24. The maximum atomic E-state index is 12.5. The molecule has 2 rings (SSSR count). The first kappa shape index (κ1) is 15.2. The first-order valence-electron chi connectivity index (χ1n) is 5.98. The van der Waals surface area contributed by atoms with E-state index in [1.54, 1.807) is 19.1 Å². The summed E-state index contributed by atoms with van der Waals surface area (Å²) in [6, 6.07) is 7.64. The van der Waals surface area contributed by atoms with Crippen LogP contribution in [0, 0.1) is 6.92 Å². The number of anilines is 1. The van der Waals surface area contributed by atoms with E-state index in [4.69, 9.17) is 0 Å². The van der Waals surface area contributed by atoms with Crippen LogP contribution in [0.5, 0.6) is 5.75 Å². The van der Waals surface area contributed by atoms with Gasteiger partial charge in [-0.25, -0.2) is 4.98 Å². The number of carbonyl (C=O) groups excluding carboxylic acids is 1. The number of thioether (sulfide) groups is 1. The number of carbonyl (C=O) groups is 1. The fourth-order valence-electron chi connectivity index (χ4n) is 1.68. The van der Waals surface area contributed by atoms with Gasteiger partial charge in [-0.3, -0.25) is 4.79 Å². The van der Waals surface area contributed by atoms with E-state index in [1.165, 1.54) is 24.4 Å². The van der Waals surface area contributed by atoms with Gasteiger partial charge in [-0.2, -0.15) is 8.78 Å². The fourth-order valence-corrected chi connectivity index (χ4v) is 2.26. The average molecular weight is 310 g/mol. The Kier molecular flexibility index (Phi) is 4.74. The highest BCUT2D eigenvalue weighted by atomic mass is 32.2. The number of aromatic nitrogens is 1. The first-order chi connectivity index (χ1) is 9.97. The van der Waals surface area contributed by atoms with Crippen LogP contribution in [0.4, 0.5) is 14.5 Å². The predicted molar refractivity (Wildman–Crippen MR) is 76.9 cm³/mol. The van der Waals surface area contributed by atoms with Gasteiger partial charge < -0.3 is 10.4 Å². The molecular formula is C14H12F2N2O2S. The van der Waals surface area contributed by atoms with Gasteiger partial charge >= 0.3 is 0 Å². The number of pyridine rings is 1. The molecule has 0 unspecified atom stereocenters. The zero-order valence-electron chi connectivity index (χ0n) is 11.0. The van der Waals surface area contributed by atoms with Crippen LogP contribution in [0.3, 0.4) is 0 Å². The molecule has 0 aliphatic carbocycles. The summed E-state index contributed by atoms with van der Waals surface area (Å²) in [5.74, 6) is -3.36. The Morgan fingerprint density at radius 2 is 2.14 bits per heavy atom. The van der Waals surface area contributed by atoms with E-state index < -0.39 is 11.7 Å². The minimum absolute atomic E-state index is 0.0303. The number of amides is 1. The number of nitrogens with zero attached hydrogens (tertiary/aromatic N) is 1. The van der Waals surface area contributed by atoms with Gasteiger partial charge in [-0.1, -0.05) is 6.07 Å². The highest BCUT2D eigenvalue weighted by Gasteiger charge is 2.17. The summed E-state index contributed by atoms with van der Waals surface area (Å²) in [5, 5.41) is 12.2. The van der Waals surface area contributed by atoms with Gasteiger partial charge in [0.1, 0.15) is 10.8 Å². The molecule has 7 heteroatoms. The van der Waals surface area contributed by atoms with Crippen molar-refractivity contribution in [3.05, 3.63) is 47.7 Å². The Morgan fingerprint density at radius 3 is 2.81 bits per heavy atom. The van der Waals surface area contributed by atoms with Gasteiger partial charge in [0.15, 0.2) is 0 Å². The fraction of sp³-hybridized carbons (Fsp3) is 0.143. The minimum atomic E-state index is -2.67. The molecule has 21 heavy (non-hydrogen) atoms. The number of hydrogen-bond acceptors (Lipinski definition) is 4. The predicted octanol–water partition coefficient (Wildman–Crippen LogP) is 3.66. The quantitative estimate of drug-likeness (QED) is 0.668. The lowest BCUT2D eigenvalue weighted by molar-refractivity contribution is 0.102. The van der Waals surface area contributed by atoms with Gasteiger partial charge in [0.05, 0.1) is 11.3 Å². The number of benzene rings is 1. The van der Waals surface area contributed by atoms with Crippen LogP contribution in [0.25, 0.3) is 0 Å². The summed E-state index contributed by atoms with van der Waals surface area (Å²) in [6.07, 6.45) is 1.34. The molecule has 0 saturated heterocycles. The summed E-state index contributed by atoms with van der Waals surface area (Å²) >= 11 is 0.203. The van der Waals surface area contributed by atoms with Crippen LogP contribution < -0.4 is 5.32 Å². The number of aromatic hydroxyl groups is 1. The number of phenolic OH excluding ortho intramolecular Hbond substituents is 1. The lowest BCUT2D eigenvalue weighted by atomic mass is 10.2. The van der Waals surface area contributed by atoms with Gasteiger partial charge in [-0.05, 0) is 48.5 Å². The van der Waals surface area contributed by atoms with E-state index in [1.807, 2.05) is 0 Å². The number of aryl methyl sites for hydroxylation is 1. The van der Waals surface area contributed by atoms with Crippen LogP contribution in [-0.2, 0) is 0 Å². The second kappa shape index (κ2) is 6.53. The van der Waals surface area contributed by atoms with E-state index in [9.17, 15) is 18.7 Å². The van der Waals surface area contributed by atoms with Crippen LogP contribution >= 0.6 is 11.8 Å². The van der Waals surface area contributed by atoms with Crippen molar-refractivity contribution in [2.45, 2.75) is 17.7 Å². The molecule has 110 valence electrons. The number of nitrogens with one attached hydrogen (secondary N) is 1. The van der Waals surface area contributed by atoms with Crippen LogP contribution in [0.1, 0.15) is 15.9 Å². The smallest absolute Gasteiger partial charge is 0.290 e. The van der Waals surface area contributed by atoms with Crippen molar-refractivity contribution < 1.29 is 18.7 Å². The molecular weight excluding hydrogens is 298 g/mol. The molecule has 2 N–H and O–H groups in total. The molecule has 4 nitrogen and oxygen atoms in total. The molecule has 2 aromatic rings. The molecule has 0 bridgehead atoms. The molecule has 1 aromatic heterocycles. The molecule has 0 saturated carbocycles. The standard InChI is InChI=1S/C14H12F2N2O2S/c1-8-4-5-10(11(19)7-8)18-12(20)9-3-2-6-17-13(9)21-14(15)16/h2-7,14,19H,1H3,(H,18,20). The number of phenols is 1. The van der Waals surface area contributed by atoms with Crippen molar-refractivity contribution in [2.75, 3.05) is 5.32 Å². The Labute approximate surface area is 124 Å². The van der Waals surface area contributed by atoms with Gasteiger partial charge in [0.25, 0.3) is 11.7 Å². The van der Waals surface area contributed by atoms with Crippen molar-refractivity contribution in [1.29, 1.82) is 0 Å². The van der Waals surface area contributed by atoms with E-state index in [2.05, 4.69) is 10.3 Å². The summed E-state index contributed by atoms with van der Waals surface area (Å²) in [6.45, 7) is 1.80. The molecule has 1 heterocycles.